The van der Waals surface area contributed by atoms with Gasteiger partial charge in [0.2, 0.25) is 0 Å². The van der Waals surface area contributed by atoms with Gasteiger partial charge in [0.05, 0.1) is 17.5 Å². The Bertz CT molecular complexity index is 433. The van der Waals surface area contributed by atoms with Crippen LogP contribution in [0.3, 0.4) is 0 Å². The number of hydrogen-bond donors (Lipinski definition) is 1. The van der Waals surface area contributed by atoms with E-state index in [4.69, 9.17) is 10.5 Å². The molecule has 0 radical (unpaired) electrons. The maximum absolute atomic E-state index is 12.6. The van der Waals surface area contributed by atoms with Gasteiger partial charge in [-0.25, -0.2) is 0 Å². The highest BCUT2D eigenvalue weighted by Crippen LogP contribution is 2.34. The summed E-state index contributed by atoms with van der Waals surface area (Å²) in [5, 5.41) is 0. The standard InChI is InChI=1S/C14H21F3N2O/c1-4-8-19(9-14(15,16)17)11-6-5-7-12(13(11)18)20-10(2)3/h5-7,10H,4,8-9,18H2,1-3H3. The smallest absolute Gasteiger partial charge is 0.405 e. The summed E-state index contributed by atoms with van der Waals surface area (Å²) in [6.45, 7) is 4.77. The van der Waals surface area contributed by atoms with Crippen molar-refractivity contribution in [3.05, 3.63) is 18.2 Å². The van der Waals surface area contributed by atoms with Crippen LogP contribution in [-0.4, -0.2) is 25.4 Å². The van der Waals surface area contributed by atoms with Crippen LogP contribution in [0.2, 0.25) is 0 Å². The van der Waals surface area contributed by atoms with Crippen LogP contribution in [0.4, 0.5) is 24.5 Å². The minimum atomic E-state index is -4.27. The highest BCUT2D eigenvalue weighted by molar-refractivity contribution is 5.74. The van der Waals surface area contributed by atoms with Crippen LogP contribution in [-0.2, 0) is 0 Å². The van der Waals surface area contributed by atoms with Gasteiger partial charge in [-0.05, 0) is 32.4 Å². The van der Waals surface area contributed by atoms with Gasteiger partial charge in [-0.1, -0.05) is 13.0 Å². The van der Waals surface area contributed by atoms with Crippen molar-refractivity contribution in [1.82, 2.24) is 0 Å². The maximum atomic E-state index is 12.6. The lowest BCUT2D eigenvalue weighted by Crippen LogP contribution is -2.35. The van der Waals surface area contributed by atoms with Gasteiger partial charge in [0, 0.05) is 6.54 Å². The van der Waals surface area contributed by atoms with Crippen LogP contribution in [0.5, 0.6) is 5.75 Å². The van der Waals surface area contributed by atoms with E-state index in [1.807, 2.05) is 20.8 Å². The number of alkyl halides is 3. The van der Waals surface area contributed by atoms with Gasteiger partial charge >= 0.3 is 6.18 Å². The maximum Gasteiger partial charge on any atom is 0.405 e. The first-order valence-corrected chi connectivity index (χ1v) is 6.61. The number of rotatable bonds is 6. The molecule has 2 N–H and O–H groups in total. The lowest BCUT2D eigenvalue weighted by Gasteiger charge is -2.27. The van der Waals surface area contributed by atoms with E-state index in [0.29, 0.717) is 17.9 Å². The van der Waals surface area contributed by atoms with Crippen molar-refractivity contribution < 1.29 is 17.9 Å². The van der Waals surface area contributed by atoms with Gasteiger partial charge in [0.25, 0.3) is 0 Å². The molecule has 20 heavy (non-hydrogen) atoms. The highest BCUT2D eigenvalue weighted by Gasteiger charge is 2.31. The molecule has 0 unspecified atom stereocenters. The number of nitrogens with zero attached hydrogens (tertiary/aromatic N) is 1. The number of nitrogen functional groups attached to an aromatic ring is 1. The zero-order valence-corrected chi connectivity index (χ0v) is 12.0. The summed E-state index contributed by atoms with van der Waals surface area (Å²) in [6.07, 6.45) is -3.75. The van der Waals surface area contributed by atoms with Crippen LogP contribution >= 0.6 is 0 Å². The quantitative estimate of drug-likeness (QED) is 0.809. The molecule has 6 heteroatoms. The van der Waals surface area contributed by atoms with E-state index in [-0.39, 0.29) is 18.3 Å². The number of ether oxygens (including phenoxy) is 1. The monoisotopic (exact) mass is 290 g/mol. The Hall–Kier alpha value is -1.59. The van der Waals surface area contributed by atoms with Gasteiger partial charge in [0.1, 0.15) is 12.3 Å². The van der Waals surface area contributed by atoms with Crippen LogP contribution < -0.4 is 15.4 Å². The molecule has 0 amide bonds. The molecular weight excluding hydrogens is 269 g/mol. The molecule has 0 saturated carbocycles. The van der Waals surface area contributed by atoms with E-state index < -0.39 is 12.7 Å². The second-order valence-corrected chi connectivity index (χ2v) is 4.89. The first-order valence-electron chi connectivity index (χ1n) is 6.61. The molecule has 0 aliphatic rings. The number of benzene rings is 1. The molecule has 114 valence electrons. The highest BCUT2D eigenvalue weighted by atomic mass is 19.4. The molecule has 1 aromatic carbocycles. The van der Waals surface area contributed by atoms with Crippen molar-refractivity contribution in [1.29, 1.82) is 0 Å². The molecule has 0 heterocycles. The van der Waals surface area contributed by atoms with E-state index in [0.717, 1.165) is 0 Å². The number of para-hydroxylation sites is 1. The first-order chi connectivity index (χ1) is 9.24. The lowest BCUT2D eigenvalue weighted by molar-refractivity contribution is -0.119. The Morgan fingerprint density at radius 3 is 2.45 bits per heavy atom. The summed E-state index contributed by atoms with van der Waals surface area (Å²) in [5.74, 6) is 0.417. The average Bonchev–Trinajstić information content (AvgIpc) is 2.29. The van der Waals surface area contributed by atoms with Crippen LogP contribution in [0.15, 0.2) is 18.2 Å². The first kappa shape index (κ1) is 16.5. The van der Waals surface area contributed by atoms with Crippen molar-refractivity contribution in [3.63, 3.8) is 0 Å². The van der Waals surface area contributed by atoms with E-state index in [9.17, 15) is 13.2 Å². The van der Waals surface area contributed by atoms with E-state index >= 15 is 0 Å². The summed E-state index contributed by atoms with van der Waals surface area (Å²) < 4.78 is 43.4. The second kappa shape index (κ2) is 6.72. The van der Waals surface area contributed by atoms with E-state index in [1.54, 1.807) is 18.2 Å². The van der Waals surface area contributed by atoms with Crippen molar-refractivity contribution in [3.8, 4) is 5.75 Å². The number of halogens is 3. The van der Waals surface area contributed by atoms with Crippen molar-refractivity contribution in [2.75, 3.05) is 23.7 Å². The van der Waals surface area contributed by atoms with Gasteiger partial charge in [-0.15, -0.1) is 0 Å². The summed E-state index contributed by atoms with van der Waals surface area (Å²) in [4.78, 5) is 1.24. The third-order valence-electron chi connectivity index (χ3n) is 2.61. The van der Waals surface area contributed by atoms with Gasteiger partial charge in [-0.3, -0.25) is 0 Å². The molecule has 0 aliphatic heterocycles. The molecule has 3 nitrogen and oxygen atoms in total. The Kier molecular flexibility index (Phi) is 5.53. The zero-order chi connectivity index (χ0) is 15.3. The Morgan fingerprint density at radius 1 is 1.30 bits per heavy atom. The summed E-state index contributed by atoms with van der Waals surface area (Å²) in [7, 11) is 0. The lowest BCUT2D eigenvalue weighted by atomic mass is 10.2. The normalized spacial score (nSPS) is 11.8. The van der Waals surface area contributed by atoms with Crippen molar-refractivity contribution in [2.45, 2.75) is 39.5 Å². The molecule has 0 fully saturated rings. The molecule has 0 saturated heterocycles. The molecule has 0 aromatic heterocycles. The fourth-order valence-corrected chi connectivity index (χ4v) is 1.94. The SMILES string of the molecule is CCCN(CC(F)(F)F)c1cccc(OC(C)C)c1N. The second-order valence-electron chi connectivity index (χ2n) is 4.89. The molecule has 0 atom stereocenters. The molecule has 0 spiro atoms. The Labute approximate surface area is 117 Å². The zero-order valence-electron chi connectivity index (χ0n) is 12.0. The molecule has 0 aliphatic carbocycles. The predicted octanol–water partition coefficient (Wildman–Crippen LogP) is 3.83. The van der Waals surface area contributed by atoms with Crippen LogP contribution in [0, 0.1) is 0 Å². The average molecular weight is 290 g/mol. The van der Waals surface area contributed by atoms with E-state index in [1.165, 1.54) is 4.90 Å². The number of hydrogen-bond acceptors (Lipinski definition) is 3. The third-order valence-corrected chi connectivity index (χ3v) is 2.61. The topological polar surface area (TPSA) is 38.5 Å². The number of anilines is 2. The Balaban J connectivity index is 3.07. The fourth-order valence-electron chi connectivity index (χ4n) is 1.94. The third kappa shape index (κ3) is 4.83. The van der Waals surface area contributed by atoms with Crippen LogP contribution in [0.25, 0.3) is 0 Å². The van der Waals surface area contributed by atoms with Gasteiger partial charge < -0.3 is 15.4 Å². The fraction of sp³-hybridized carbons (Fsp3) is 0.571. The van der Waals surface area contributed by atoms with Crippen molar-refractivity contribution in [2.24, 2.45) is 0 Å². The molecule has 0 bridgehead atoms. The minimum absolute atomic E-state index is 0.0882. The van der Waals surface area contributed by atoms with Crippen molar-refractivity contribution >= 4 is 11.4 Å². The van der Waals surface area contributed by atoms with Gasteiger partial charge in [-0.2, -0.15) is 13.2 Å². The summed E-state index contributed by atoms with van der Waals surface area (Å²) in [6, 6.07) is 4.91. The summed E-state index contributed by atoms with van der Waals surface area (Å²) in [5.41, 5.74) is 6.56. The van der Waals surface area contributed by atoms with Gasteiger partial charge in [0.15, 0.2) is 0 Å². The summed E-state index contributed by atoms with van der Waals surface area (Å²) >= 11 is 0. The minimum Gasteiger partial charge on any atom is -0.489 e. The Morgan fingerprint density at radius 2 is 1.95 bits per heavy atom. The molecule has 1 aromatic rings. The largest absolute Gasteiger partial charge is 0.489 e. The molecule has 1 rings (SSSR count). The molecular formula is C14H21F3N2O. The number of nitrogens with two attached hydrogens (primary N) is 1. The van der Waals surface area contributed by atoms with E-state index in [2.05, 4.69) is 0 Å². The predicted molar refractivity (Wildman–Crippen MR) is 75.2 cm³/mol. The van der Waals surface area contributed by atoms with Crippen LogP contribution in [0.1, 0.15) is 27.2 Å².